The van der Waals surface area contributed by atoms with E-state index in [0.717, 1.165) is 42.1 Å². The zero-order chi connectivity index (χ0) is 35.1. The zero-order valence-corrected chi connectivity index (χ0v) is 31.0. The number of nitrogens with one attached hydrogen (secondary N) is 2. The molecule has 0 saturated heterocycles. The van der Waals surface area contributed by atoms with Gasteiger partial charge >= 0.3 is 0 Å². The zero-order valence-electron chi connectivity index (χ0n) is 31.0. The molecule has 4 atom stereocenters. The van der Waals surface area contributed by atoms with Gasteiger partial charge in [-0.2, -0.15) is 0 Å². The largest absolute Gasteiger partial charge is 0.350 e. The molecule has 0 radical (unpaired) electrons. The van der Waals surface area contributed by atoms with Crippen molar-refractivity contribution in [3.63, 3.8) is 0 Å². The lowest BCUT2D eigenvalue weighted by molar-refractivity contribution is -0.140. The molecule has 0 bridgehead atoms. The third kappa shape index (κ3) is 9.02. The third-order valence-electron chi connectivity index (χ3n) is 9.84. The lowest BCUT2D eigenvalue weighted by atomic mass is 9.77. The second kappa shape index (κ2) is 16.1. The van der Waals surface area contributed by atoms with Gasteiger partial charge < -0.3 is 25.8 Å². The highest BCUT2D eigenvalue weighted by atomic mass is 16.2. The quantitative estimate of drug-likeness (QED) is 0.195. The summed E-state index contributed by atoms with van der Waals surface area (Å²) in [5.74, 6) is -0.240. The van der Waals surface area contributed by atoms with Gasteiger partial charge in [0.1, 0.15) is 6.04 Å². The summed E-state index contributed by atoms with van der Waals surface area (Å²) < 4.78 is 2.05. The fourth-order valence-electron chi connectivity index (χ4n) is 6.54. The van der Waals surface area contributed by atoms with Crippen molar-refractivity contribution in [1.82, 2.24) is 20.1 Å². The maximum absolute atomic E-state index is 14.2. The summed E-state index contributed by atoms with van der Waals surface area (Å²) >= 11 is 0. The number of aromatic nitrogens is 1. The molecule has 0 spiro atoms. The second-order valence-electron chi connectivity index (χ2n) is 15.2. The Labute approximate surface area is 278 Å². The Balaban J connectivity index is 2.33. The Hall–Kier alpha value is -3.13. The molecule has 0 unspecified atom stereocenters. The van der Waals surface area contributed by atoms with Gasteiger partial charge in [-0.15, -0.1) is 0 Å². The number of para-hydroxylation sites is 1. The summed E-state index contributed by atoms with van der Waals surface area (Å²) in [7, 11) is 3.74. The number of nitrogens with two attached hydrogens (primary N) is 1. The van der Waals surface area contributed by atoms with Gasteiger partial charge in [0, 0.05) is 48.2 Å². The maximum Gasteiger partial charge on any atom is 0.246 e. The lowest BCUT2D eigenvalue weighted by Gasteiger charge is -2.39. The van der Waals surface area contributed by atoms with Crippen LogP contribution in [-0.4, -0.2) is 58.4 Å². The molecule has 1 aromatic heterocycles. The van der Waals surface area contributed by atoms with Crippen LogP contribution < -0.4 is 16.4 Å². The fourth-order valence-corrected chi connectivity index (χ4v) is 6.54. The smallest absolute Gasteiger partial charge is 0.246 e. The van der Waals surface area contributed by atoms with E-state index in [1.807, 2.05) is 104 Å². The van der Waals surface area contributed by atoms with Crippen LogP contribution in [0.1, 0.15) is 107 Å². The molecule has 1 aromatic carbocycles. The molecule has 46 heavy (non-hydrogen) atoms. The highest BCUT2D eigenvalue weighted by molar-refractivity contribution is 5.94. The van der Waals surface area contributed by atoms with E-state index in [9.17, 15) is 14.4 Å². The molecule has 8 nitrogen and oxygen atoms in total. The molecule has 1 heterocycles. The number of hydrogen-bond donors (Lipinski definition) is 3. The number of aryl methyl sites for hydroxylation is 1. The predicted octanol–water partition coefficient (Wildman–Crippen LogP) is 6.46. The van der Waals surface area contributed by atoms with Crippen LogP contribution in [0.4, 0.5) is 0 Å². The van der Waals surface area contributed by atoms with Crippen molar-refractivity contribution < 1.29 is 14.4 Å². The number of nitrogens with zero attached hydrogens (tertiary/aromatic N) is 2. The summed E-state index contributed by atoms with van der Waals surface area (Å²) in [5.41, 5.74) is 8.03. The minimum absolute atomic E-state index is 0.0334. The van der Waals surface area contributed by atoms with E-state index in [-0.39, 0.29) is 35.7 Å². The number of rotatable bonds is 15. The Kier molecular flexibility index (Phi) is 13.7. The Morgan fingerprint density at radius 2 is 1.59 bits per heavy atom. The molecule has 0 aliphatic heterocycles. The van der Waals surface area contributed by atoms with Crippen molar-refractivity contribution >= 4 is 28.6 Å². The molecule has 4 N–H and O–H groups in total. The van der Waals surface area contributed by atoms with Crippen LogP contribution in [0, 0.1) is 17.3 Å². The molecule has 0 aliphatic rings. The van der Waals surface area contributed by atoms with E-state index >= 15 is 0 Å². The van der Waals surface area contributed by atoms with E-state index < -0.39 is 22.9 Å². The Morgan fingerprint density at radius 1 is 1.00 bits per heavy atom. The molecule has 8 heteroatoms. The van der Waals surface area contributed by atoms with Crippen LogP contribution in [0.2, 0.25) is 0 Å². The van der Waals surface area contributed by atoms with Crippen LogP contribution >= 0.6 is 0 Å². The lowest BCUT2D eigenvalue weighted by Crippen LogP contribution is -2.61. The van der Waals surface area contributed by atoms with Gasteiger partial charge in [0.2, 0.25) is 17.7 Å². The van der Waals surface area contributed by atoms with E-state index in [4.69, 9.17) is 5.73 Å². The minimum Gasteiger partial charge on any atom is -0.350 e. The second-order valence-corrected chi connectivity index (χ2v) is 15.2. The molecule has 0 aliphatic carbocycles. The van der Waals surface area contributed by atoms with Crippen LogP contribution in [0.3, 0.4) is 0 Å². The molecule has 0 saturated carbocycles. The summed E-state index contributed by atoms with van der Waals surface area (Å²) in [6, 6.07) is 6.11. The standard InChI is InChI=1S/C38H63N5O3/c1-14-19-29(26(15-2)16-3)40-34(44)25(6)22-31(24(4)5)43(13)36(46)33(37(7,8)9)41-35(45)32(39)38(10,11)28-23-42(12)30-21-18-17-20-27(28)30/h17-18,20-24,26,29,31-33H,14-16,19,39H2,1-13H3,(H,40,44)(H,41,45)/b25-22+/t29-,31-,32-,33-/m1/s1. The molecule has 258 valence electrons. The van der Waals surface area contributed by atoms with Gasteiger partial charge in [-0.1, -0.05) is 113 Å². The van der Waals surface area contributed by atoms with Crippen molar-refractivity contribution in [3.05, 3.63) is 47.7 Å². The normalized spacial score (nSPS) is 15.5. The summed E-state index contributed by atoms with van der Waals surface area (Å²) in [6.07, 6.45) is 7.88. The van der Waals surface area contributed by atoms with E-state index in [2.05, 4.69) is 31.4 Å². The first-order valence-electron chi connectivity index (χ1n) is 17.2. The van der Waals surface area contributed by atoms with Gasteiger partial charge in [0.25, 0.3) is 0 Å². The van der Waals surface area contributed by atoms with Gasteiger partial charge in [-0.3, -0.25) is 14.4 Å². The van der Waals surface area contributed by atoms with Gasteiger partial charge in [-0.25, -0.2) is 0 Å². The molecule has 2 aromatic rings. The van der Waals surface area contributed by atoms with Crippen molar-refractivity contribution in [3.8, 4) is 0 Å². The minimum atomic E-state index is -0.904. The van der Waals surface area contributed by atoms with Crippen LogP contribution in [0.5, 0.6) is 0 Å². The van der Waals surface area contributed by atoms with Gasteiger partial charge in [-0.05, 0) is 42.2 Å². The predicted molar refractivity (Wildman–Crippen MR) is 191 cm³/mol. The van der Waals surface area contributed by atoms with Crippen LogP contribution in [0.25, 0.3) is 10.9 Å². The maximum atomic E-state index is 14.2. The average Bonchev–Trinajstić information content (AvgIpc) is 3.34. The molecular weight excluding hydrogens is 574 g/mol. The number of carbonyl (C=O) groups is 3. The van der Waals surface area contributed by atoms with Crippen LogP contribution in [-0.2, 0) is 26.8 Å². The van der Waals surface area contributed by atoms with Crippen molar-refractivity contribution in [2.45, 2.75) is 131 Å². The summed E-state index contributed by atoms with van der Waals surface area (Å²) in [5, 5.41) is 7.37. The number of fused-ring (bicyclic) bond motifs is 1. The first-order valence-corrected chi connectivity index (χ1v) is 17.2. The van der Waals surface area contributed by atoms with Gasteiger partial charge in [0.15, 0.2) is 0 Å². The Morgan fingerprint density at radius 3 is 2.11 bits per heavy atom. The Bertz CT molecular complexity index is 1360. The number of benzene rings is 1. The van der Waals surface area contributed by atoms with Crippen LogP contribution in [0.15, 0.2) is 42.1 Å². The monoisotopic (exact) mass is 637 g/mol. The third-order valence-corrected chi connectivity index (χ3v) is 9.84. The number of amides is 3. The number of hydrogen-bond acceptors (Lipinski definition) is 4. The summed E-state index contributed by atoms with van der Waals surface area (Å²) in [6.45, 7) is 22.1. The molecule has 0 fully saturated rings. The first kappa shape index (κ1) is 39.1. The highest BCUT2D eigenvalue weighted by Gasteiger charge is 2.41. The highest BCUT2D eigenvalue weighted by Crippen LogP contribution is 2.34. The molecule has 3 amide bonds. The SMILES string of the molecule is CCC[C@@H](NC(=O)/C(C)=C/[C@H](C(C)C)N(C)C(=O)[C@@H](NC(=O)[C@@H](N)C(C)(C)c1cn(C)c2ccccc12)C(C)(C)C)C(CC)CC. The topological polar surface area (TPSA) is 109 Å². The van der Waals surface area contributed by atoms with Crippen molar-refractivity contribution in [2.75, 3.05) is 7.05 Å². The molecular formula is C38H63N5O3. The van der Waals surface area contributed by atoms with Crippen molar-refractivity contribution in [1.29, 1.82) is 0 Å². The van der Waals surface area contributed by atoms with E-state index in [0.29, 0.717) is 11.5 Å². The molecule has 2 rings (SSSR count). The fraction of sp³-hybridized carbons (Fsp3) is 0.658. The number of likely N-dealkylation sites (N-methyl/N-ethyl adjacent to an activating group) is 1. The number of carbonyl (C=O) groups excluding carboxylic acids is 3. The van der Waals surface area contributed by atoms with E-state index in [1.54, 1.807) is 11.9 Å². The summed E-state index contributed by atoms with van der Waals surface area (Å²) in [4.78, 5) is 43.1. The van der Waals surface area contributed by atoms with Crippen molar-refractivity contribution in [2.24, 2.45) is 30.0 Å². The van der Waals surface area contributed by atoms with Gasteiger partial charge in [0.05, 0.1) is 12.1 Å². The average molecular weight is 638 g/mol. The van der Waals surface area contributed by atoms with E-state index in [1.165, 1.54) is 0 Å². The first-order chi connectivity index (χ1) is 21.3.